The lowest BCUT2D eigenvalue weighted by Crippen LogP contribution is -2.35. The topological polar surface area (TPSA) is 44.6 Å². The van der Waals surface area contributed by atoms with Crippen LogP contribution in [0.2, 0.25) is 0 Å². The average Bonchev–Trinajstić information content (AvgIpc) is 2.83. The first-order valence-electron chi connectivity index (χ1n) is 7.02. The molecule has 2 N–H and O–H groups in total. The van der Waals surface area contributed by atoms with Crippen LogP contribution in [-0.4, -0.2) is 23.4 Å². The minimum Gasteiger partial charge on any atom is -0.373 e. The summed E-state index contributed by atoms with van der Waals surface area (Å²) in [6.45, 7) is 0.592. The van der Waals surface area contributed by atoms with Crippen LogP contribution in [-0.2, 0) is 5.60 Å². The molecule has 0 saturated carbocycles. The molecule has 0 saturated heterocycles. The summed E-state index contributed by atoms with van der Waals surface area (Å²) in [4.78, 5) is 4.53. The number of anilines is 1. The number of amidine groups is 1. The highest BCUT2D eigenvalue weighted by Gasteiger charge is 2.44. The molecule has 0 spiro atoms. The molecule has 3 nitrogen and oxygen atoms in total. The Labute approximate surface area is 129 Å². The van der Waals surface area contributed by atoms with Gasteiger partial charge in [0.2, 0.25) is 0 Å². The van der Waals surface area contributed by atoms with Gasteiger partial charge in [-0.3, -0.25) is 4.99 Å². The zero-order valence-electron chi connectivity index (χ0n) is 11.6. The lowest BCUT2D eigenvalue weighted by Gasteiger charge is -2.24. The summed E-state index contributed by atoms with van der Waals surface area (Å²) in [5.41, 5.74) is 1.32. The van der Waals surface area contributed by atoms with Gasteiger partial charge in [0, 0.05) is 23.7 Å². The molecule has 0 fully saturated rings. The Bertz CT molecular complexity index is 657. The van der Waals surface area contributed by atoms with E-state index in [1.165, 1.54) is 0 Å². The van der Waals surface area contributed by atoms with Crippen molar-refractivity contribution in [3.8, 4) is 0 Å². The van der Waals surface area contributed by atoms with Gasteiger partial charge in [0.15, 0.2) is 5.60 Å². The highest BCUT2D eigenvalue weighted by Crippen LogP contribution is 2.41. The molecule has 1 aliphatic rings. The van der Waals surface area contributed by atoms with Crippen molar-refractivity contribution in [1.82, 2.24) is 0 Å². The number of aliphatic hydroxyl groups is 1. The molecule has 108 valence electrons. The zero-order valence-corrected chi connectivity index (χ0v) is 12.3. The molecular formula is C17H17ClN2O. The predicted molar refractivity (Wildman–Crippen MR) is 87.1 cm³/mol. The van der Waals surface area contributed by atoms with E-state index in [1.54, 1.807) is 0 Å². The van der Waals surface area contributed by atoms with Gasteiger partial charge in [-0.1, -0.05) is 48.5 Å². The molecule has 3 rings (SSSR count). The van der Waals surface area contributed by atoms with Gasteiger partial charge in [0.25, 0.3) is 0 Å². The Morgan fingerprint density at radius 1 is 1.05 bits per heavy atom. The minimum atomic E-state index is -1.22. The van der Waals surface area contributed by atoms with Crippen LogP contribution in [0.3, 0.4) is 0 Å². The highest BCUT2D eigenvalue weighted by molar-refractivity contribution is 6.17. The van der Waals surface area contributed by atoms with Crippen molar-refractivity contribution in [1.29, 1.82) is 0 Å². The van der Waals surface area contributed by atoms with Gasteiger partial charge in [-0.25, -0.2) is 0 Å². The molecule has 0 bridgehead atoms. The largest absolute Gasteiger partial charge is 0.373 e. The summed E-state index contributed by atoms with van der Waals surface area (Å²) in [7, 11) is 0. The van der Waals surface area contributed by atoms with Crippen LogP contribution in [0, 0.1) is 0 Å². The van der Waals surface area contributed by atoms with Gasteiger partial charge >= 0.3 is 0 Å². The number of hydrogen-bond donors (Lipinski definition) is 2. The van der Waals surface area contributed by atoms with Crippen LogP contribution >= 0.6 is 11.6 Å². The summed E-state index contributed by atoms with van der Waals surface area (Å²) in [6.07, 6.45) is 0.786. The summed E-state index contributed by atoms with van der Waals surface area (Å²) < 4.78 is 0. The third kappa shape index (κ3) is 2.43. The molecule has 1 heterocycles. The van der Waals surface area contributed by atoms with Crippen molar-refractivity contribution in [2.45, 2.75) is 12.0 Å². The van der Waals surface area contributed by atoms with E-state index >= 15 is 0 Å². The van der Waals surface area contributed by atoms with Crippen molar-refractivity contribution in [2.75, 3.05) is 17.7 Å². The van der Waals surface area contributed by atoms with E-state index in [9.17, 15) is 5.11 Å². The number of aliphatic imine (C=N–C) groups is 1. The molecule has 0 aliphatic carbocycles. The van der Waals surface area contributed by atoms with Crippen LogP contribution < -0.4 is 5.32 Å². The monoisotopic (exact) mass is 300 g/mol. The van der Waals surface area contributed by atoms with Crippen molar-refractivity contribution >= 4 is 23.1 Å². The van der Waals surface area contributed by atoms with Gasteiger partial charge in [-0.05, 0) is 18.1 Å². The maximum atomic E-state index is 11.3. The Morgan fingerprint density at radius 2 is 1.76 bits per heavy atom. The number of nitrogens with one attached hydrogen (secondary N) is 1. The van der Waals surface area contributed by atoms with Gasteiger partial charge in [-0.15, -0.1) is 11.6 Å². The standard InChI is InChI=1S/C17H17ClN2O/c18-11-6-12-19-16-17(21,13-7-2-1-3-8-13)14-9-4-5-10-15(14)20-16/h1-5,7-10,21H,6,11-12H2,(H,19,20). The van der Waals surface area contributed by atoms with Crippen molar-refractivity contribution < 1.29 is 5.11 Å². The Kier molecular flexibility index (Phi) is 3.95. The van der Waals surface area contributed by atoms with Gasteiger partial charge in [0.1, 0.15) is 5.84 Å². The lowest BCUT2D eigenvalue weighted by molar-refractivity contribution is 0.160. The SMILES string of the molecule is OC1(c2ccccc2)C(=NCCCCl)Nc2ccccc21. The summed E-state index contributed by atoms with van der Waals surface area (Å²) in [6, 6.07) is 17.4. The molecule has 1 aliphatic heterocycles. The summed E-state index contributed by atoms with van der Waals surface area (Å²) in [5, 5.41) is 14.6. The maximum Gasteiger partial charge on any atom is 0.174 e. The fourth-order valence-electron chi connectivity index (χ4n) is 2.63. The van der Waals surface area contributed by atoms with Crippen LogP contribution in [0.15, 0.2) is 59.6 Å². The molecule has 2 aromatic rings. The van der Waals surface area contributed by atoms with Crippen molar-refractivity contribution in [3.63, 3.8) is 0 Å². The Morgan fingerprint density at radius 3 is 2.52 bits per heavy atom. The number of hydrogen-bond acceptors (Lipinski definition) is 2. The van der Waals surface area contributed by atoms with Crippen LogP contribution in [0.25, 0.3) is 0 Å². The van der Waals surface area contributed by atoms with Crippen LogP contribution in [0.5, 0.6) is 0 Å². The van der Waals surface area contributed by atoms with E-state index < -0.39 is 5.60 Å². The first-order valence-corrected chi connectivity index (χ1v) is 7.55. The first kappa shape index (κ1) is 14.1. The number of alkyl halides is 1. The number of fused-ring (bicyclic) bond motifs is 1. The number of halogens is 1. The smallest absolute Gasteiger partial charge is 0.174 e. The number of para-hydroxylation sites is 1. The average molecular weight is 301 g/mol. The molecule has 1 unspecified atom stereocenters. The number of nitrogens with zero attached hydrogens (tertiary/aromatic N) is 1. The molecule has 1 atom stereocenters. The molecule has 0 amide bonds. The van der Waals surface area contributed by atoms with Crippen LogP contribution in [0.1, 0.15) is 17.5 Å². The second kappa shape index (κ2) is 5.88. The first-order chi connectivity index (χ1) is 10.3. The predicted octanol–water partition coefficient (Wildman–Crippen LogP) is 3.38. The third-order valence-electron chi connectivity index (χ3n) is 3.67. The fourth-order valence-corrected chi connectivity index (χ4v) is 2.75. The maximum absolute atomic E-state index is 11.3. The van der Waals surface area contributed by atoms with E-state index in [4.69, 9.17) is 11.6 Å². The highest BCUT2D eigenvalue weighted by atomic mass is 35.5. The second-order valence-corrected chi connectivity index (χ2v) is 5.40. The van der Waals surface area contributed by atoms with Crippen molar-refractivity contribution in [2.24, 2.45) is 4.99 Å². The minimum absolute atomic E-state index is 0.563. The summed E-state index contributed by atoms with van der Waals surface area (Å²) >= 11 is 5.71. The molecule has 4 heteroatoms. The van der Waals surface area contributed by atoms with Gasteiger partial charge < -0.3 is 10.4 Å². The molecule has 0 aromatic heterocycles. The number of rotatable bonds is 4. The van der Waals surface area contributed by atoms with E-state index in [-0.39, 0.29) is 0 Å². The Hall–Kier alpha value is -1.84. The molecule has 21 heavy (non-hydrogen) atoms. The van der Waals surface area contributed by atoms with Gasteiger partial charge in [-0.2, -0.15) is 0 Å². The lowest BCUT2D eigenvalue weighted by atomic mass is 9.87. The molecule has 2 aromatic carbocycles. The summed E-state index contributed by atoms with van der Waals surface area (Å²) in [5.74, 6) is 1.13. The van der Waals surface area contributed by atoms with Gasteiger partial charge in [0.05, 0.1) is 0 Å². The third-order valence-corrected chi connectivity index (χ3v) is 3.93. The second-order valence-electron chi connectivity index (χ2n) is 5.02. The van der Waals surface area contributed by atoms with Crippen molar-refractivity contribution in [3.05, 3.63) is 65.7 Å². The van der Waals surface area contributed by atoms with Crippen LogP contribution in [0.4, 0.5) is 5.69 Å². The Balaban J connectivity index is 2.09. The number of benzene rings is 2. The quantitative estimate of drug-likeness (QED) is 0.671. The molecule has 0 radical (unpaired) electrons. The normalized spacial score (nSPS) is 22.1. The zero-order chi connectivity index (χ0) is 14.7. The van der Waals surface area contributed by atoms with E-state index in [0.717, 1.165) is 23.2 Å². The van der Waals surface area contributed by atoms with E-state index in [1.807, 2.05) is 54.6 Å². The van der Waals surface area contributed by atoms with E-state index in [0.29, 0.717) is 18.3 Å². The fraction of sp³-hybridized carbons (Fsp3) is 0.235. The molecular weight excluding hydrogens is 284 g/mol. The van der Waals surface area contributed by atoms with E-state index in [2.05, 4.69) is 10.3 Å².